The minimum absolute atomic E-state index is 0.0431. The van der Waals surface area contributed by atoms with Crippen molar-refractivity contribution in [3.63, 3.8) is 0 Å². The van der Waals surface area contributed by atoms with Crippen LogP contribution in [-0.2, 0) is 14.6 Å². The van der Waals surface area contributed by atoms with Gasteiger partial charge >= 0.3 is 0 Å². The van der Waals surface area contributed by atoms with Crippen LogP contribution in [0.2, 0.25) is 5.02 Å². The number of likely N-dealkylation sites (tertiary alicyclic amines) is 1. The van der Waals surface area contributed by atoms with Gasteiger partial charge in [-0.3, -0.25) is 4.79 Å². The zero-order chi connectivity index (χ0) is 21.5. The summed E-state index contributed by atoms with van der Waals surface area (Å²) in [6, 6.07) is 18.2. The van der Waals surface area contributed by atoms with E-state index < -0.39 is 22.0 Å². The number of sulfone groups is 1. The molecule has 0 bridgehead atoms. The monoisotopic (exact) mass is 461 g/mol. The average Bonchev–Trinajstić information content (AvgIpc) is 3.35. The van der Waals surface area contributed by atoms with Gasteiger partial charge in [-0.2, -0.15) is 0 Å². The number of halogens is 1. The summed E-state index contributed by atoms with van der Waals surface area (Å²) in [5.41, 5.74) is 0.977. The van der Waals surface area contributed by atoms with Crippen LogP contribution in [0.5, 0.6) is 0 Å². The number of likely N-dealkylation sites (N-methyl/N-ethyl adjacent to an activating group) is 1. The van der Waals surface area contributed by atoms with Crippen molar-refractivity contribution in [1.29, 1.82) is 0 Å². The highest BCUT2D eigenvalue weighted by Crippen LogP contribution is 2.42. The summed E-state index contributed by atoms with van der Waals surface area (Å²) < 4.78 is 26.0. The fraction of sp³-hybridized carbons (Fsp3) is 0.227. The quantitative estimate of drug-likeness (QED) is 0.615. The first-order valence-electron chi connectivity index (χ1n) is 9.38. The SMILES string of the molecule is CN1C(=O)C[C@H](c2ccccc2)[C@@H]1C(O)c1ccc(S(=O)(=O)c2ccc(Cl)cc2)s1. The van der Waals surface area contributed by atoms with E-state index in [-0.39, 0.29) is 20.9 Å². The standard InChI is InChI=1S/C22H20ClNO4S2/c1-24-19(25)13-17(14-5-3-2-4-6-14)21(24)22(26)18-11-12-20(29-18)30(27,28)16-9-7-15(23)8-10-16/h2-12,17,21-22,26H,13H2,1H3/t17-,21-,22?/m1/s1. The molecular weight excluding hydrogens is 442 g/mol. The summed E-state index contributed by atoms with van der Waals surface area (Å²) >= 11 is 6.88. The molecule has 8 heteroatoms. The number of carbonyl (C=O) groups excluding carboxylic acids is 1. The molecule has 1 saturated heterocycles. The summed E-state index contributed by atoms with van der Waals surface area (Å²) in [6.07, 6.45) is -0.686. The van der Waals surface area contributed by atoms with Gasteiger partial charge < -0.3 is 10.0 Å². The Balaban J connectivity index is 1.65. The number of amides is 1. The molecule has 0 aliphatic carbocycles. The number of aliphatic hydroxyl groups excluding tert-OH is 1. The van der Waals surface area contributed by atoms with E-state index in [1.165, 1.54) is 30.3 Å². The minimum atomic E-state index is -3.71. The van der Waals surface area contributed by atoms with Crippen LogP contribution in [0.15, 0.2) is 75.8 Å². The third-order valence-corrected chi connectivity index (χ3v) is 9.15. The first-order chi connectivity index (χ1) is 14.3. The lowest BCUT2D eigenvalue weighted by Gasteiger charge is -2.29. The van der Waals surface area contributed by atoms with Gasteiger partial charge in [-0.1, -0.05) is 41.9 Å². The van der Waals surface area contributed by atoms with Crippen molar-refractivity contribution in [2.45, 2.75) is 33.6 Å². The highest BCUT2D eigenvalue weighted by atomic mass is 35.5. The van der Waals surface area contributed by atoms with Crippen molar-refractivity contribution < 1.29 is 18.3 Å². The Labute approximate surface area is 184 Å². The van der Waals surface area contributed by atoms with Crippen molar-refractivity contribution in [3.05, 3.63) is 82.2 Å². The van der Waals surface area contributed by atoms with Gasteiger partial charge in [-0.05, 0) is 42.0 Å². The molecule has 1 aliphatic heterocycles. The molecule has 0 spiro atoms. The molecule has 1 unspecified atom stereocenters. The molecule has 4 rings (SSSR count). The molecule has 5 nitrogen and oxygen atoms in total. The second-order valence-electron chi connectivity index (χ2n) is 7.28. The molecule has 0 radical (unpaired) electrons. The smallest absolute Gasteiger partial charge is 0.223 e. The Morgan fingerprint density at radius 1 is 1.07 bits per heavy atom. The van der Waals surface area contributed by atoms with Gasteiger partial charge in [0, 0.05) is 29.3 Å². The molecule has 1 aliphatic rings. The Morgan fingerprint density at radius 2 is 1.73 bits per heavy atom. The van der Waals surface area contributed by atoms with Crippen molar-refractivity contribution in [3.8, 4) is 0 Å². The van der Waals surface area contributed by atoms with E-state index in [1.807, 2.05) is 30.3 Å². The van der Waals surface area contributed by atoms with Gasteiger partial charge in [0.1, 0.15) is 10.3 Å². The molecule has 156 valence electrons. The van der Waals surface area contributed by atoms with E-state index in [1.54, 1.807) is 18.0 Å². The van der Waals surface area contributed by atoms with E-state index in [0.29, 0.717) is 16.3 Å². The molecule has 1 fully saturated rings. The number of nitrogens with zero attached hydrogens (tertiary/aromatic N) is 1. The molecule has 2 heterocycles. The van der Waals surface area contributed by atoms with Crippen molar-refractivity contribution in [1.82, 2.24) is 4.90 Å². The summed E-state index contributed by atoms with van der Waals surface area (Å²) in [6.45, 7) is 0. The number of aliphatic hydroxyl groups is 1. The summed E-state index contributed by atoms with van der Waals surface area (Å²) in [5.74, 6) is -0.212. The average molecular weight is 462 g/mol. The van der Waals surface area contributed by atoms with Crippen LogP contribution in [0.1, 0.15) is 28.9 Å². The van der Waals surface area contributed by atoms with Crippen LogP contribution in [0.25, 0.3) is 0 Å². The number of rotatable bonds is 5. The summed E-state index contributed by atoms with van der Waals surface area (Å²) in [7, 11) is -2.04. The molecule has 3 atom stereocenters. The first kappa shape index (κ1) is 21.1. The van der Waals surface area contributed by atoms with Crippen LogP contribution in [0.3, 0.4) is 0 Å². The van der Waals surface area contributed by atoms with Crippen molar-refractivity contribution in [2.75, 3.05) is 7.05 Å². The lowest BCUT2D eigenvalue weighted by molar-refractivity contribution is -0.128. The van der Waals surface area contributed by atoms with Gasteiger partial charge in [0.05, 0.1) is 10.9 Å². The summed E-state index contributed by atoms with van der Waals surface area (Å²) in [5, 5.41) is 11.6. The largest absolute Gasteiger partial charge is 0.385 e. The normalized spacial score (nSPS) is 20.5. The highest BCUT2D eigenvalue weighted by molar-refractivity contribution is 7.93. The first-order valence-corrected chi connectivity index (χ1v) is 12.1. The van der Waals surface area contributed by atoms with E-state index in [2.05, 4.69) is 0 Å². The van der Waals surface area contributed by atoms with E-state index in [9.17, 15) is 18.3 Å². The van der Waals surface area contributed by atoms with E-state index in [4.69, 9.17) is 11.6 Å². The molecular formula is C22H20ClNO4S2. The predicted octanol–water partition coefficient (Wildman–Crippen LogP) is 4.28. The topological polar surface area (TPSA) is 74.7 Å². The van der Waals surface area contributed by atoms with Crippen molar-refractivity contribution in [2.24, 2.45) is 0 Å². The number of hydrogen-bond acceptors (Lipinski definition) is 5. The van der Waals surface area contributed by atoms with Gasteiger partial charge in [-0.25, -0.2) is 8.42 Å². The maximum atomic E-state index is 12.9. The lowest BCUT2D eigenvalue weighted by Crippen LogP contribution is -2.36. The molecule has 1 amide bonds. The van der Waals surface area contributed by atoms with Gasteiger partial charge in [0.15, 0.2) is 0 Å². The second-order valence-corrected chi connectivity index (χ2v) is 11.0. The van der Waals surface area contributed by atoms with Crippen LogP contribution >= 0.6 is 22.9 Å². The number of carbonyl (C=O) groups is 1. The Kier molecular flexibility index (Phi) is 5.72. The van der Waals surface area contributed by atoms with E-state index >= 15 is 0 Å². The molecule has 30 heavy (non-hydrogen) atoms. The highest BCUT2D eigenvalue weighted by Gasteiger charge is 2.43. The third kappa shape index (κ3) is 3.78. The Hall–Kier alpha value is -2.19. The number of thiophene rings is 1. The zero-order valence-electron chi connectivity index (χ0n) is 16.1. The molecule has 1 N–H and O–H groups in total. The van der Waals surface area contributed by atoms with Crippen LogP contribution in [0.4, 0.5) is 0 Å². The van der Waals surface area contributed by atoms with E-state index in [0.717, 1.165) is 16.9 Å². The maximum Gasteiger partial charge on any atom is 0.223 e. The van der Waals surface area contributed by atoms with Gasteiger partial charge in [0.2, 0.25) is 15.7 Å². The molecule has 1 aromatic heterocycles. The van der Waals surface area contributed by atoms with Crippen LogP contribution < -0.4 is 0 Å². The number of benzene rings is 2. The van der Waals surface area contributed by atoms with Gasteiger partial charge in [0.25, 0.3) is 0 Å². The lowest BCUT2D eigenvalue weighted by atomic mass is 9.88. The number of hydrogen-bond donors (Lipinski definition) is 1. The second kappa shape index (κ2) is 8.15. The van der Waals surface area contributed by atoms with Crippen molar-refractivity contribution >= 4 is 38.7 Å². The zero-order valence-corrected chi connectivity index (χ0v) is 18.5. The third-order valence-electron chi connectivity index (χ3n) is 5.48. The van der Waals surface area contributed by atoms with Crippen LogP contribution in [0, 0.1) is 0 Å². The predicted molar refractivity (Wildman–Crippen MR) is 117 cm³/mol. The van der Waals surface area contributed by atoms with Gasteiger partial charge in [-0.15, -0.1) is 11.3 Å². The fourth-order valence-corrected chi connectivity index (χ4v) is 6.75. The minimum Gasteiger partial charge on any atom is -0.385 e. The molecule has 3 aromatic rings. The fourth-order valence-electron chi connectivity index (χ4n) is 3.87. The molecule has 2 aromatic carbocycles. The maximum absolute atomic E-state index is 12.9. The Morgan fingerprint density at radius 3 is 2.40 bits per heavy atom. The molecule has 0 saturated carbocycles. The summed E-state index contributed by atoms with van der Waals surface area (Å²) in [4.78, 5) is 14.6. The Bertz CT molecular complexity index is 1160. The van der Waals surface area contributed by atoms with Crippen LogP contribution in [-0.4, -0.2) is 37.4 Å².